The van der Waals surface area contributed by atoms with E-state index in [0.717, 1.165) is 19.4 Å². The van der Waals surface area contributed by atoms with Gasteiger partial charge in [0.1, 0.15) is 0 Å². The first-order valence-corrected chi connectivity index (χ1v) is 7.10. The fourth-order valence-corrected chi connectivity index (χ4v) is 2.26. The number of carbonyl (C=O) groups excluding carboxylic acids is 1. The standard InChI is InChI=1S/C16H27N3O/c1-12-9-13(2)11-14(10-12)19(4)8-6-5-7-16(3,18)15(17)20/h9-11H,5-8,18H2,1-4H3,(H2,17,20). The molecule has 0 radical (unpaired) electrons. The Balaban J connectivity index is 2.44. The maximum absolute atomic E-state index is 11.1. The number of anilines is 1. The lowest BCUT2D eigenvalue weighted by atomic mass is 9.95. The predicted molar refractivity (Wildman–Crippen MR) is 84.8 cm³/mol. The Bertz CT molecular complexity index is 449. The van der Waals surface area contributed by atoms with Crippen LogP contribution in [0, 0.1) is 13.8 Å². The number of nitrogens with two attached hydrogens (primary N) is 2. The molecule has 0 aliphatic rings. The number of amides is 1. The molecule has 0 saturated carbocycles. The first-order chi connectivity index (χ1) is 9.22. The van der Waals surface area contributed by atoms with Crippen molar-refractivity contribution in [1.29, 1.82) is 0 Å². The van der Waals surface area contributed by atoms with Crippen LogP contribution in [0.5, 0.6) is 0 Å². The van der Waals surface area contributed by atoms with Crippen LogP contribution in [0.1, 0.15) is 37.3 Å². The Morgan fingerprint density at radius 1 is 1.20 bits per heavy atom. The van der Waals surface area contributed by atoms with E-state index in [-0.39, 0.29) is 0 Å². The summed E-state index contributed by atoms with van der Waals surface area (Å²) in [6, 6.07) is 6.54. The Kier molecular flexibility index (Phi) is 5.57. The van der Waals surface area contributed by atoms with Gasteiger partial charge < -0.3 is 16.4 Å². The summed E-state index contributed by atoms with van der Waals surface area (Å²) in [5, 5.41) is 0. The molecule has 4 N–H and O–H groups in total. The smallest absolute Gasteiger partial charge is 0.237 e. The number of carbonyl (C=O) groups is 1. The molecule has 1 rings (SSSR count). The maximum atomic E-state index is 11.1. The topological polar surface area (TPSA) is 72.3 Å². The van der Waals surface area contributed by atoms with Crippen molar-refractivity contribution in [2.24, 2.45) is 11.5 Å². The molecule has 20 heavy (non-hydrogen) atoms. The molecule has 1 amide bonds. The van der Waals surface area contributed by atoms with E-state index in [1.54, 1.807) is 6.92 Å². The minimum Gasteiger partial charge on any atom is -0.375 e. The van der Waals surface area contributed by atoms with Gasteiger partial charge in [0.05, 0.1) is 5.54 Å². The van der Waals surface area contributed by atoms with Crippen molar-refractivity contribution in [3.63, 3.8) is 0 Å². The van der Waals surface area contributed by atoms with Gasteiger partial charge in [-0.25, -0.2) is 0 Å². The Morgan fingerprint density at radius 3 is 2.25 bits per heavy atom. The molecule has 0 aliphatic carbocycles. The van der Waals surface area contributed by atoms with Crippen molar-refractivity contribution in [2.75, 3.05) is 18.5 Å². The Hall–Kier alpha value is -1.55. The third-order valence-electron chi connectivity index (χ3n) is 3.65. The van der Waals surface area contributed by atoms with E-state index in [9.17, 15) is 4.79 Å². The van der Waals surface area contributed by atoms with E-state index in [2.05, 4.69) is 44.0 Å². The third-order valence-corrected chi connectivity index (χ3v) is 3.65. The molecular formula is C16H27N3O. The SMILES string of the molecule is Cc1cc(C)cc(N(C)CCCCC(C)(N)C(N)=O)c1. The van der Waals surface area contributed by atoms with Gasteiger partial charge in [-0.05, 0) is 63.3 Å². The van der Waals surface area contributed by atoms with E-state index < -0.39 is 11.4 Å². The molecule has 1 unspecified atom stereocenters. The highest BCUT2D eigenvalue weighted by Crippen LogP contribution is 2.18. The molecule has 0 aliphatic heterocycles. The van der Waals surface area contributed by atoms with Crippen LogP contribution in [0.25, 0.3) is 0 Å². The van der Waals surface area contributed by atoms with E-state index >= 15 is 0 Å². The van der Waals surface area contributed by atoms with Crippen LogP contribution in [-0.4, -0.2) is 25.0 Å². The summed E-state index contributed by atoms with van der Waals surface area (Å²) in [7, 11) is 2.09. The number of hydrogen-bond donors (Lipinski definition) is 2. The molecule has 0 fully saturated rings. The summed E-state index contributed by atoms with van der Waals surface area (Å²) in [5.41, 5.74) is 14.0. The van der Waals surface area contributed by atoms with Crippen LogP contribution < -0.4 is 16.4 Å². The molecule has 0 bridgehead atoms. The second kappa shape index (κ2) is 6.75. The van der Waals surface area contributed by atoms with Gasteiger partial charge in [-0.2, -0.15) is 0 Å². The average molecular weight is 277 g/mol. The predicted octanol–water partition coefficient (Wildman–Crippen LogP) is 2.11. The number of aryl methyl sites for hydroxylation is 2. The highest BCUT2D eigenvalue weighted by atomic mass is 16.1. The molecule has 4 nitrogen and oxygen atoms in total. The molecule has 4 heteroatoms. The fraction of sp³-hybridized carbons (Fsp3) is 0.562. The number of nitrogens with zero attached hydrogens (tertiary/aromatic N) is 1. The first-order valence-electron chi connectivity index (χ1n) is 7.10. The first kappa shape index (κ1) is 16.5. The Morgan fingerprint density at radius 2 is 1.75 bits per heavy atom. The van der Waals surface area contributed by atoms with Crippen molar-refractivity contribution >= 4 is 11.6 Å². The van der Waals surface area contributed by atoms with Gasteiger partial charge in [0.15, 0.2) is 0 Å². The normalized spacial score (nSPS) is 13.8. The molecule has 0 spiro atoms. The molecule has 0 aromatic heterocycles. The maximum Gasteiger partial charge on any atom is 0.237 e. The molecular weight excluding hydrogens is 250 g/mol. The fourth-order valence-electron chi connectivity index (χ4n) is 2.26. The summed E-state index contributed by atoms with van der Waals surface area (Å²) in [5.74, 6) is -0.430. The lowest BCUT2D eigenvalue weighted by molar-refractivity contribution is -0.122. The van der Waals surface area contributed by atoms with E-state index in [0.29, 0.717) is 6.42 Å². The van der Waals surface area contributed by atoms with Gasteiger partial charge in [-0.1, -0.05) is 6.07 Å². The van der Waals surface area contributed by atoms with Crippen molar-refractivity contribution in [3.8, 4) is 0 Å². The van der Waals surface area contributed by atoms with Crippen LogP contribution in [0.2, 0.25) is 0 Å². The number of hydrogen-bond acceptors (Lipinski definition) is 3. The third kappa shape index (κ3) is 4.85. The second-order valence-corrected chi connectivity index (χ2v) is 6.01. The molecule has 0 saturated heterocycles. The lowest BCUT2D eigenvalue weighted by Crippen LogP contribution is -2.49. The monoisotopic (exact) mass is 277 g/mol. The summed E-state index contributed by atoms with van der Waals surface area (Å²) in [4.78, 5) is 13.4. The van der Waals surface area contributed by atoms with Crippen LogP contribution in [0.4, 0.5) is 5.69 Å². The largest absolute Gasteiger partial charge is 0.375 e. The number of benzene rings is 1. The minimum atomic E-state index is -0.890. The second-order valence-electron chi connectivity index (χ2n) is 6.01. The number of rotatable bonds is 7. The number of unbranched alkanes of at least 4 members (excludes halogenated alkanes) is 1. The van der Waals surface area contributed by atoms with E-state index in [1.807, 2.05) is 0 Å². The molecule has 112 valence electrons. The van der Waals surface area contributed by atoms with Gasteiger partial charge in [-0.3, -0.25) is 4.79 Å². The van der Waals surface area contributed by atoms with E-state index in [1.165, 1.54) is 16.8 Å². The molecule has 1 atom stereocenters. The quantitative estimate of drug-likeness (QED) is 0.750. The van der Waals surface area contributed by atoms with Crippen molar-refractivity contribution in [1.82, 2.24) is 0 Å². The van der Waals surface area contributed by atoms with Gasteiger partial charge in [0.25, 0.3) is 0 Å². The van der Waals surface area contributed by atoms with E-state index in [4.69, 9.17) is 11.5 Å². The Labute approximate surface area is 122 Å². The number of primary amides is 1. The molecule has 0 heterocycles. The van der Waals surface area contributed by atoms with Crippen LogP contribution >= 0.6 is 0 Å². The van der Waals surface area contributed by atoms with Crippen molar-refractivity contribution in [2.45, 2.75) is 45.6 Å². The van der Waals surface area contributed by atoms with Crippen molar-refractivity contribution in [3.05, 3.63) is 29.3 Å². The van der Waals surface area contributed by atoms with Gasteiger partial charge in [-0.15, -0.1) is 0 Å². The zero-order valence-electron chi connectivity index (χ0n) is 13.1. The highest BCUT2D eigenvalue weighted by molar-refractivity contribution is 5.83. The summed E-state index contributed by atoms with van der Waals surface area (Å²) in [6.07, 6.45) is 2.51. The summed E-state index contributed by atoms with van der Waals surface area (Å²) >= 11 is 0. The summed E-state index contributed by atoms with van der Waals surface area (Å²) in [6.45, 7) is 6.86. The zero-order valence-corrected chi connectivity index (χ0v) is 13.1. The highest BCUT2D eigenvalue weighted by Gasteiger charge is 2.24. The van der Waals surface area contributed by atoms with Crippen LogP contribution in [0.3, 0.4) is 0 Å². The van der Waals surface area contributed by atoms with Crippen molar-refractivity contribution < 1.29 is 4.79 Å². The average Bonchev–Trinajstić information content (AvgIpc) is 2.33. The molecule has 1 aromatic rings. The minimum absolute atomic E-state index is 0.430. The van der Waals surface area contributed by atoms with Gasteiger partial charge >= 0.3 is 0 Å². The molecule has 1 aromatic carbocycles. The van der Waals surface area contributed by atoms with Crippen LogP contribution in [-0.2, 0) is 4.79 Å². The zero-order chi connectivity index (χ0) is 15.3. The lowest BCUT2D eigenvalue weighted by Gasteiger charge is -2.23. The van der Waals surface area contributed by atoms with Crippen LogP contribution in [0.15, 0.2) is 18.2 Å². The van der Waals surface area contributed by atoms with Gasteiger partial charge in [0, 0.05) is 19.3 Å². The summed E-state index contributed by atoms with van der Waals surface area (Å²) < 4.78 is 0. The van der Waals surface area contributed by atoms with Gasteiger partial charge in [0.2, 0.25) is 5.91 Å².